The largest absolute Gasteiger partial charge is 0.481 e. The molecule has 1 aromatic rings. The van der Waals surface area contributed by atoms with Gasteiger partial charge >= 0.3 is 24.1 Å². The second kappa shape index (κ2) is 8.84. The number of aromatic nitrogens is 2. The average molecular weight is 411 g/mol. The fourth-order valence-corrected chi connectivity index (χ4v) is 1.94. The summed E-state index contributed by atoms with van der Waals surface area (Å²) in [4.78, 5) is 55.3. The van der Waals surface area contributed by atoms with E-state index in [-0.39, 0.29) is 17.9 Å². The van der Waals surface area contributed by atoms with Gasteiger partial charge in [0.25, 0.3) is 0 Å². The summed E-state index contributed by atoms with van der Waals surface area (Å²) in [5.41, 5.74) is -1.63. The number of carboxylic acid groups (broad SMARTS) is 2. The lowest BCUT2D eigenvalue weighted by molar-refractivity contribution is -0.154. The molecule has 0 bridgehead atoms. The highest BCUT2D eigenvalue weighted by Gasteiger charge is 2.34. The lowest BCUT2D eigenvalue weighted by Gasteiger charge is -2.27. The van der Waals surface area contributed by atoms with Crippen LogP contribution in [0, 0.1) is 5.92 Å². The molecule has 0 spiro atoms. The lowest BCUT2D eigenvalue weighted by Crippen LogP contribution is -2.44. The number of carbonyl (C=O) groups is 4. The van der Waals surface area contributed by atoms with Crippen molar-refractivity contribution >= 4 is 30.1 Å². The van der Waals surface area contributed by atoms with Gasteiger partial charge in [0.05, 0.1) is 0 Å². The van der Waals surface area contributed by atoms with E-state index in [1.807, 2.05) is 0 Å². The molecule has 0 aromatic carbocycles. The summed E-state index contributed by atoms with van der Waals surface area (Å²) in [6.07, 6.45) is -0.239. The number of carboxylic acids is 2. The zero-order chi connectivity index (χ0) is 22.6. The number of carbonyl (C=O) groups excluding carboxylic acids is 2. The zero-order valence-electron chi connectivity index (χ0n) is 17.1. The number of hydrogen-bond acceptors (Lipinski definition) is 8. The molecule has 0 aliphatic carbocycles. The van der Waals surface area contributed by atoms with Gasteiger partial charge in [-0.15, -0.1) is 4.90 Å². The first-order chi connectivity index (χ1) is 13.1. The van der Waals surface area contributed by atoms with Crippen LogP contribution >= 0.6 is 0 Å². The third-order valence-electron chi connectivity index (χ3n) is 3.08. The number of nitrogens with zero attached hydrogens (tertiary/aromatic N) is 3. The minimum absolute atomic E-state index is 0.192. The quantitative estimate of drug-likeness (QED) is 0.690. The minimum Gasteiger partial charge on any atom is -0.481 e. The summed E-state index contributed by atoms with van der Waals surface area (Å²) in [5, 5.41) is 17.9. The fourth-order valence-electron chi connectivity index (χ4n) is 1.94. The monoisotopic (exact) mass is 411 g/mol. The molecule has 11 nitrogen and oxygen atoms in total. The van der Waals surface area contributed by atoms with Gasteiger partial charge in [-0.1, -0.05) is 0 Å². The van der Waals surface area contributed by atoms with Crippen LogP contribution in [0.1, 0.15) is 47.1 Å². The Morgan fingerprint density at radius 3 is 1.59 bits per heavy atom. The molecule has 1 heterocycles. The first-order valence-corrected chi connectivity index (χ1v) is 8.63. The van der Waals surface area contributed by atoms with E-state index < -0.39 is 41.2 Å². The fraction of sp³-hybridized carbons (Fsp3) is 0.556. The summed E-state index contributed by atoms with van der Waals surface area (Å²) in [7, 11) is 0. The molecule has 29 heavy (non-hydrogen) atoms. The van der Waals surface area contributed by atoms with E-state index in [1.165, 1.54) is 0 Å². The van der Waals surface area contributed by atoms with Crippen molar-refractivity contribution < 1.29 is 38.9 Å². The van der Waals surface area contributed by atoms with Crippen LogP contribution < -0.4 is 4.90 Å². The van der Waals surface area contributed by atoms with E-state index in [2.05, 4.69) is 9.97 Å². The van der Waals surface area contributed by atoms with E-state index in [1.54, 1.807) is 41.5 Å². The molecular formula is C18H25N3O8. The Labute approximate surface area is 167 Å². The van der Waals surface area contributed by atoms with E-state index >= 15 is 0 Å². The van der Waals surface area contributed by atoms with Crippen LogP contribution in [-0.4, -0.2) is 55.5 Å². The Balaban J connectivity index is 3.18. The van der Waals surface area contributed by atoms with Crippen molar-refractivity contribution in [3.05, 3.63) is 18.0 Å². The van der Waals surface area contributed by atoms with Gasteiger partial charge in [0.2, 0.25) is 5.95 Å². The highest BCUT2D eigenvalue weighted by Crippen LogP contribution is 2.19. The standard InChI is InChI=1S/C18H25N3O8/c1-17(2,3)28-15(26)21(16(27)29-18(4,5)6)14-19-8-10(9-20-14)7-11(12(22)23)13(24)25/h8-9,11H,7H2,1-6H3,(H,22,23)(H,24,25). The molecule has 0 saturated carbocycles. The van der Waals surface area contributed by atoms with Crippen molar-refractivity contribution in [2.45, 2.75) is 59.2 Å². The second-order valence-corrected chi connectivity index (χ2v) is 8.12. The highest BCUT2D eigenvalue weighted by molar-refractivity contribution is 6.08. The van der Waals surface area contributed by atoms with Crippen molar-refractivity contribution in [1.29, 1.82) is 0 Å². The summed E-state index contributed by atoms with van der Waals surface area (Å²) in [5.74, 6) is -5.06. The lowest BCUT2D eigenvalue weighted by atomic mass is 10.0. The maximum Gasteiger partial charge on any atom is 0.427 e. The maximum absolute atomic E-state index is 12.5. The number of hydrogen-bond donors (Lipinski definition) is 2. The van der Waals surface area contributed by atoms with Crippen molar-refractivity contribution in [1.82, 2.24) is 9.97 Å². The molecular weight excluding hydrogens is 386 g/mol. The van der Waals surface area contributed by atoms with Crippen LogP contribution in [0.25, 0.3) is 0 Å². The van der Waals surface area contributed by atoms with Crippen LogP contribution in [0.3, 0.4) is 0 Å². The van der Waals surface area contributed by atoms with Gasteiger partial charge in [0.15, 0.2) is 5.92 Å². The maximum atomic E-state index is 12.5. The topological polar surface area (TPSA) is 156 Å². The van der Waals surface area contributed by atoms with Gasteiger partial charge in [-0.25, -0.2) is 19.6 Å². The molecule has 1 aromatic heterocycles. The molecule has 0 aliphatic heterocycles. The smallest absolute Gasteiger partial charge is 0.427 e. The van der Waals surface area contributed by atoms with Crippen molar-refractivity contribution in [3.63, 3.8) is 0 Å². The number of aliphatic carboxylic acids is 2. The zero-order valence-corrected chi connectivity index (χ0v) is 17.1. The third-order valence-corrected chi connectivity index (χ3v) is 3.08. The molecule has 0 fully saturated rings. The normalized spacial score (nSPS) is 11.7. The van der Waals surface area contributed by atoms with Gasteiger partial charge < -0.3 is 19.7 Å². The predicted molar refractivity (Wildman–Crippen MR) is 99.4 cm³/mol. The number of ether oxygens (including phenoxy) is 2. The molecule has 160 valence electrons. The minimum atomic E-state index is -1.68. The van der Waals surface area contributed by atoms with E-state index in [9.17, 15) is 19.2 Å². The first-order valence-electron chi connectivity index (χ1n) is 8.63. The van der Waals surface area contributed by atoms with Gasteiger partial charge in [-0.3, -0.25) is 9.59 Å². The Morgan fingerprint density at radius 1 is 0.897 bits per heavy atom. The SMILES string of the molecule is CC(C)(C)OC(=O)N(C(=O)OC(C)(C)C)c1ncc(CC(C(=O)O)C(=O)O)cn1. The molecule has 0 saturated heterocycles. The number of imide groups is 1. The van der Waals surface area contributed by atoms with E-state index in [0.29, 0.717) is 4.90 Å². The van der Waals surface area contributed by atoms with Crippen LogP contribution in [-0.2, 0) is 25.5 Å². The highest BCUT2D eigenvalue weighted by atomic mass is 16.6. The Morgan fingerprint density at radius 2 is 1.28 bits per heavy atom. The molecule has 0 radical (unpaired) electrons. The number of anilines is 1. The first kappa shape index (κ1) is 23.8. The second-order valence-electron chi connectivity index (χ2n) is 8.12. The van der Waals surface area contributed by atoms with Gasteiger partial charge in [-0.05, 0) is 53.5 Å². The van der Waals surface area contributed by atoms with E-state index in [4.69, 9.17) is 19.7 Å². The summed E-state index contributed by atoms with van der Waals surface area (Å²) >= 11 is 0. The number of rotatable bonds is 5. The van der Waals surface area contributed by atoms with Crippen molar-refractivity contribution in [2.75, 3.05) is 4.90 Å². The number of amides is 2. The van der Waals surface area contributed by atoms with Crippen LogP contribution in [0.5, 0.6) is 0 Å². The molecule has 2 amide bonds. The van der Waals surface area contributed by atoms with Crippen LogP contribution in [0.2, 0.25) is 0 Å². The average Bonchev–Trinajstić information content (AvgIpc) is 2.49. The molecule has 11 heteroatoms. The van der Waals surface area contributed by atoms with Crippen LogP contribution in [0.15, 0.2) is 12.4 Å². The summed E-state index contributed by atoms with van der Waals surface area (Å²) < 4.78 is 10.4. The molecule has 0 aliphatic rings. The van der Waals surface area contributed by atoms with Crippen molar-refractivity contribution in [3.8, 4) is 0 Å². The predicted octanol–water partition coefficient (Wildman–Crippen LogP) is 2.48. The van der Waals surface area contributed by atoms with Gasteiger partial charge in [-0.2, -0.15) is 0 Å². The Hall–Kier alpha value is -3.24. The Kier molecular flexibility index (Phi) is 7.26. The third kappa shape index (κ3) is 7.72. The molecule has 0 atom stereocenters. The molecule has 1 rings (SSSR count). The van der Waals surface area contributed by atoms with Gasteiger partial charge in [0, 0.05) is 12.4 Å². The molecule has 2 N–H and O–H groups in total. The Bertz CT molecular complexity index is 736. The summed E-state index contributed by atoms with van der Waals surface area (Å²) in [6.45, 7) is 9.67. The van der Waals surface area contributed by atoms with Crippen LogP contribution in [0.4, 0.5) is 15.5 Å². The van der Waals surface area contributed by atoms with Gasteiger partial charge in [0.1, 0.15) is 11.2 Å². The summed E-state index contributed by atoms with van der Waals surface area (Å²) in [6, 6.07) is 0. The molecule has 0 unspecified atom stereocenters. The van der Waals surface area contributed by atoms with E-state index in [0.717, 1.165) is 12.4 Å². The van der Waals surface area contributed by atoms with Crippen molar-refractivity contribution in [2.24, 2.45) is 5.92 Å².